The molecule has 104 valence electrons. The molecule has 1 atom stereocenters. The van der Waals surface area contributed by atoms with E-state index in [0.29, 0.717) is 19.4 Å². The fourth-order valence-electron chi connectivity index (χ4n) is 2.23. The number of hydrogen-bond donors (Lipinski definition) is 2. The van der Waals surface area contributed by atoms with Crippen molar-refractivity contribution in [1.82, 2.24) is 5.32 Å². The molecule has 1 fully saturated rings. The second-order valence-electron chi connectivity index (χ2n) is 4.78. The second kappa shape index (κ2) is 5.88. The van der Waals surface area contributed by atoms with Gasteiger partial charge < -0.3 is 19.6 Å². The van der Waals surface area contributed by atoms with E-state index in [1.54, 1.807) is 18.4 Å². The molecule has 1 saturated heterocycles. The highest BCUT2D eigenvalue weighted by Crippen LogP contribution is 2.23. The van der Waals surface area contributed by atoms with Gasteiger partial charge >= 0.3 is 5.97 Å². The van der Waals surface area contributed by atoms with Crippen molar-refractivity contribution in [2.45, 2.75) is 31.2 Å². The second-order valence-corrected chi connectivity index (χ2v) is 4.78. The Balaban J connectivity index is 1.86. The summed E-state index contributed by atoms with van der Waals surface area (Å²) in [5.74, 6) is -0.370. The number of nitrogens with one attached hydrogen (secondary N) is 1. The number of rotatable bonds is 6. The Labute approximate surface area is 110 Å². The zero-order valence-corrected chi connectivity index (χ0v) is 10.6. The van der Waals surface area contributed by atoms with Crippen LogP contribution in [0.15, 0.2) is 22.8 Å². The number of carbonyl (C=O) groups excluding carboxylic acids is 1. The Kier molecular flexibility index (Phi) is 4.21. The summed E-state index contributed by atoms with van der Waals surface area (Å²) in [5.41, 5.74) is -0.758. The number of carboxylic acid groups (broad SMARTS) is 1. The molecule has 6 nitrogen and oxygen atoms in total. The fourth-order valence-corrected chi connectivity index (χ4v) is 2.23. The van der Waals surface area contributed by atoms with Gasteiger partial charge in [0.2, 0.25) is 5.91 Å². The Morgan fingerprint density at radius 3 is 2.89 bits per heavy atom. The predicted octanol–water partition coefficient (Wildman–Crippen LogP) is 0.962. The first-order chi connectivity index (χ1) is 9.10. The van der Waals surface area contributed by atoms with Gasteiger partial charge in [-0.05, 0) is 18.6 Å². The smallest absolute Gasteiger partial charge is 0.305 e. The van der Waals surface area contributed by atoms with Gasteiger partial charge in [-0.3, -0.25) is 9.59 Å². The van der Waals surface area contributed by atoms with E-state index in [4.69, 9.17) is 14.3 Å². The normalized spacial score (nSPS) is 22.3. The maximum absolute atomic E-state index is 11.9. The van der Waals surface area contributed by atoms with Gasteiger partial charge in [0.1, 0.15) is 5.76 Å². The molecule has 6 heteroatoms. The van der Waals surface area contributed by atoms with E-state index in [1.165, 1.54) is 0 Å². The lowest BCUT2D eigenvalue weighted by Crippen LogP contribution is -2.50. The maximum Gasteiger partial charge on any atom is 0.305 e. The molecule has 0 spiro atoms. The lowest BCUT2D eigenvalue weighted by Gasteiger charge is -2.26. The van der Waals surface area contributed by atoms with Crippen molar-refractivity contribution in [3.05, 3.63) is 24.2 Å². The van der Waals surface area contributed by atoms with Crippen LogP contribution in [0.3, 0.4) is 0 Å². The number of hydrogen-bond acceptors (Lipinski definition) is 4. The summed E-state index contributed by atoms with van der Waals surface area (Å²) >= 11 is 0. The molecule has 0 aromatic carbocycles. The van der Waals surface area contributed by atoms with Crippen LogP contribution >= 0.6 is 0 Å². The van der Waals surface area contributed by atoms with Crippen molar-refractivity contribution in [2.75, 3.05) is 13.2 Å². The molecule has 1 aromatic heterocycles. The minimum Gasteiger partial charge on any atom is -0.481 e. The third-order valence-corrected chi connectivity index (χ3v) is 3.18. The number of aryl methyl sites for hydroxylation is 1. The average molecular weight is 267 g/mol. The highest BCUT2D eigenvalue weighted by Gasteiger charge is 2.38. The SMILES string of the molecule is O=C(O)CC1(NC(=O)CCc2ccco2)CCOC1. The van der Waals surface area contributed by atoms with Gasteiger partial charge in [-0.1, -0.05) is 0 Å². The van der Waals surface area contributed by atoms with Crippen LogP contribution in [-0.2, 0) is 20.7 Å². The molecule has 2 heterocycles. The van der Waals surface area contributed by atoms with Gasteiger partial charge in [-0.2, -0.15) is 0 Å². The van der Waals surface area contributed by atoms with Gasteiger partial charge in [0.05, 0.1) is 24.8 Å². The van der Waals surface area contributed by atoms with Crippen LogP contribution in [0.4, 0.5) is 0 Å². The summed E-state index contributed by atoms with van der Waals surface area (Å²) in [6.07, 6.45) is 2.76. The lowest BCUT2D eigenvalue weighted by molar-refractivity contribution is -0.139. The summed E-state index contributed by atoms with van der Waals surface area (Å²) in [6, 6.07) is 3.57. The van der Waals surface area contributed by atoms with E-state index >= 15 is 0 Å². The Morgan fingerprint density at radius 2 is 2.32 bits per heavy atom. The summed E-state index contributed by atoms with van der Waals surface area (Å²) in [5, 5.41) is 11.7. The quantitative estimate of drug-likeness (QED) is 0.801. The van der Waals surface area contributed by atoms with Gasteiger partial charge in [0, 0.05) is 19.4 Å². The molecule has 1 aliphatic heterocycles. The molecule has 1 amide bonds. The fraction of sp³-hybridized carbons (Fsp3) is 0.538. The Hall–Kier alpha value is -1.82. The van der Waals surface area contributed by atoms with Crippen LogP contribution in [0.5, 0.6) is 0 Å². The molecule has 0 saturated carbocycles. The summed E-state index contributed by atoms with van der Waals surface area (Å²) in [7, 11) is 0. The van der Waals surface area contributed by atoms with Crippen molar-refractivity contribution in [2.24, 2.45) is 0 Å². The minimum atomic E-state index is -0.933. The molecule has 0 bridgehead atoms. The number of ether oxygens (including phenoxy) is 1. The highest BCUT2D eigenvalue weighted by molar-refractivity contribution is 5.78. The van der Waals surface area contributed by atoms with Gasteiger partial charge in [0.15, 0.2) is 0 Å². The van der Waals surface area contributed by atoms with E-state index in [2.05, 4.69) is 5.32 Å². The van der Waals surface area contributed by atoms with Crippen LogP contribution in [0.25, 0.3) is 0 Å². The highest BCUT2D eigenvalue weighted by atomic mass is 16.5. The zero-order chi connectivity index (χ0) is 13.7. The van der Waals surface area contributed by atoms with E-state index in [0.717, 1.165) is 5.76 Å². The van der Waals surface area contributed by atoms with E-state index in [-0.39, 0.29) is 25.4 Å². The van der Waals surface area contributed by atoms with Crippen LogP contribution in [-0.4, -0.2) is 35.7 Å². The van der Waals surface area contributed by atoms with E-state index in [9.17, 15) is 9.59 Å². The van der Waals surface area contributed by atoms with Crippen molar-refractivity contribution in [3.8, 4) is 0 Å². The predicted molar refractivity (Wildman–Crippen MR) is 65.6 cm³/mol. The van der Waals surface area contributed by atoms with Crippen molar-refractivity contribution in [1.29, 1.82) is 0 Å². The zero-order valence-electron chi connectivity index (χ0n) is 10.6. The van der Waals surface area contributed by atoms with Crippen LogP contribution in [0.2, 0.25) is 0 Å². The molecule has 0 aliphatic carbocycles. The van der Waals surface area contributed by atoms with Crippen molar-refractivity contribution >= 4 is 11.9 Å². The maximum atomic E-state index is 11.9. The summed E-state index contributed by atoms with van der Waals surface area (Å²) in [4.78, 5) is 22.7. The van der Waals surface area contributed by atoms with Gasteiger partial charge in [-0.15, -0.1) is 0 Å². The first kappa shape index (κ1) is 13.6. The first-order valence-corrected chi connectivity index (χ1v) is 6.23. The molecular formula is C13H17NO5. The van der Waals surface area contributed by atoms with Crippen molar-refractivity contribution < 1.29 is 23.8 Å². The molecule has 19 heavy (non-hydrogen) atoms. The third kappa shape index (κ3) is 3.82. The molecular weight excluding hydrogens is 250 g/mol. The van der Waals surface area contributed by atoms with Crippen LogP contribution < -0.4 is 5.32 Å². The summed E-state index contributed by atoms with van der Waals surface area (Å²) in [6.45, 7) is 0.734. The van der Waals surface area contributed by atoms with Crippen LogP contribution in [0, 0.1) is 0 Å². The average Bonchev–Trinajstić information content (AvgIpc) is 2.97. The summed E-state index contributed by atoms with van der Waals surface area (Å²) < 4.78 is 10.4. The number of carbonyl (C=O) groups is 2. The number of aliphatic carboxylic acids is 1. The molecule has 2 rings (SSSR count). The number of amides is 1. The third-order valence-electron chi connectivity index (χ3n) is 3.18. The standard InChI is InChI=1S/C13H17NO5/c15-11(4-3-10-2-1-6-19-10)14-13(8-12(16)17)5-7-18-9-13/h1-2,6H,3-5,7-9H2,(H,14,15)(H,16,17). The van der Waals surface area contributed by atoms with Crippen molar-refractivity contribution in [3.63, 3.8) is 0 Å². The van der Waals surface area contributed by atoms with Gasteiger partial charge in [0.25, 0.3) is 0 Å². The van der Waals surface area contributed by atoms with Crippen LogP contribution in [0.1, 0.15) is 25.0 Å². The molecule has 0 radical (unpaired) electrons. The molecule has 1 aliphatic rings. The number of furan rings is 1. The molecule has 1 unspecified atom stereocenters. The first-order valence-electron chi connectivity index (χ1n) is 6.23. The van der Waals surface area contributed by atoms with Gasteiger partial charge in [-0.25, -0.2) is 0 Å². The molecule has 2 N–H and O–H groups in total. The lowest BCUT2D eigenvalue weighted by atomic mass is 9.94. The topological polar surface area (TPSA) is 88.8 Å². The number of carboxylic acids is 1. The largest absolute Gasteiger partial charge is 0.481 e. The van der Waals surface area contributed by atoms with E-state index in [1.807, 2.05) is 0 Å². The molecule has 1 aromatic rings. The van der Waals surface area contributed by atoms with E-state index < -0.39 is 11.5 Å². The Morgan fingerprint density at radius 1 is 1.47 bits per heavy atom. The monoisotopic (exact) mass is 267 g/mol. The Bertz CT molecular complexity index is 434. The minimum absolute atomic E-state index is 0.112.